The number of carbonyl (C=O) groups excluding carboxylic acids is 1. The zero-order chi connectivity index (χ0) is 21.4. The summed E-state index contributed by atoms with van der Waals surface area (Å²) in [5.74, 6) is -0.159. The van der Waals surface area contributed by atoms with Gasteiger partial charge in [-0.1, -0.05) is 11.6 Å². The van der Waals surface area contributed by atoms with Crippen LogP contribution in [0.15, 0.2) is 30.3 Å². The number of hydrogen-bond acceptors (Lipinski definition) is 3. The standard InChI is InChI=1S/C20H23ClF3N3O2/c1-19(2,3)29-18(28)26-10-8-13(9-11-26)16-12-17(20(22,23)24)25-27(16)15-6-4-14(21)5-7-15/h4-7,12-13H,8-11H2,1-3H3. The zero-order valence-corrected chi connectivity index (χ0v) is 17.2. The van der Waals surface area contributed by atoms with Gasteiger partial charge in [0, 0.05) is 29.7 Å². The van der Waals surface area contributed by atoms with Gasteiger partial charge in [-0.15, -0.1) is 0 Å². The Bertz CT molecular complexity index is 865. The van der Waals surface area contributed by atoms with Gasteiger partial charge in [-0.25, -0.2) is 9.48 Å². The molecule has 1 amide bonds. The molecule has 0 N–H and O–H groups in total. The van der Waals surface area contributed by atoms with Gasteiger partial charge in [-0.2, -0.15) is 18.3 Å². The summed E-state index contributed by atoms with van der Waals surface area (Å²) in [7, 11) is 0. The Labute approximate surface area is 172 Å². The Morgan fingerprint density at radius 1 is 1.14 bits per heavy atom. The third-order valence-electron chi connectivity index (χ3n) is 4.66. The van der Waals surface area contributed by atoms with E-state index in [1.165, 1.54) is 4.68 Å². The number of carbonyl (C=O) groups is 1. The lowest BCUT2D eigenvalue weighted by Gasteiger charge is -2.33. The van der Waals surface area contributed by atoms with Gasteiger partial charge in [0.05, 0.1) is 5.69 Å². The maximum atomic E-state index is 13.3. The van der Waals surface area contributed by atoms with Crippen LogP contribution in [0.2, 0.25) is 5.02 Å². The highest BCUT2D eigenvalue weighted by Crippen LogP contribution is 2.35. The number of aromatic nitrogens is 2. The lowest BCUT2D eigenvalue weighted by Crippen LogP contribution is -2.41. The molecule has 1 aromatic carbocycles. The first kappa shape index (κ1) is 21.5. The molecule has 1 aromatic heterocycles. The van der Waals surface area contributed by atoms with Crippen LogP contribution in [0.3, 0.4) is 0 Å². The minimum Gasteiger partial charge on any atom is -0.444 e. The van der Waals surface area contributed by atoms with E-state index in [-0.39, 0.29) is 5.92 Å². The Balaban J connectivity index is 1.82. The van der Waals surface area contributed by atoms with Crippen molar-refractivity contribution in [2.24, 2.45) is 0 Å². The highest BCUT2D eigenvalue weighted by Gasteiger charge is 2.37. The number of halogens is 4. The molecule has 29 heavy (non-hydrogen) atoms. The normalized spacial score (nSPS) is 16.2. The Hall–Kier alpha value is -2.22. The van der Waals surface area contributed by atoms with Crippen LogP contribution in [0.25, 0.3) is 5.69 Å². The molecular formula is C20H23ClF3N3O2. The lowest BCUT2D eigenvalue weighted by atomic mass is 9.93. The number of likely N-dealkylation sites (tertiary alicyclic amines) is 1. The maximum Gasteiger partial charge on any atom is 0.435 e. The van der Waals surface area contributed by atoms with Gasteiger partial charge in [0.25, 0.3) is 0 Å². The minimum atomic E-state index is -4.54. The molecule has 0 atom stereocenters. The first-order chi connectivity index (χ1) is 13.4. The van der Waals surface area contributed by atoms with E-state index in [4.69, 9.17) is 16.3 Å². The second kappa shape index (κ2) is 7.89. The summed E-state index contributed by atoms with van der Waals surface area (Å²) < 4.78 is 46.6. The molecule has 0 radical (unpaired) electrons. The predicted molar refractivity (Wildman–Crippen MR) is 103 cm³/mol. The van der Waals surface area contributed by atoms with Gasteiger partial charge in [-0.05, 0) is 63.9 Å². The molecule has 9 heteroatoms. The number of alkyl halides is 3. The van der Waals surface area contributed by atoms with Crippen molar-refractivity contribution in [1.29, 1.82) is 0 Å². The van der Waals surface area contributed by atoms with Crippen LogP contribution >= 0.6 is 11.6 Å². The van der Waals surface area contributed by atoms with Crippen molar-refractivity contribution in [2.75, 3.05) is 13.1 Å². The topological polar surface area (TPSA) is 47.4 Å². The highest BCUT2D eigenvalue weighted by atomic mass is 35.5. The van der Waals surface area contributed by atoms with Gasteiger partial charge in [0.2, 0.25) is 0 Å². The summed E-state index contributed by atoms with van der Waals surface area (Å²) in [6.07, 6.45) is -3.90. The summed E-state index contributed by atoms with van der Waals surface area (Å²) >= 11 is 5.90. The van der Waals surface area contributed by atoms with Gasteiger partial charge >= 0.3 is 12.3 Å². The monoisotopic (exact) mass is 429 g/mol. The Morgan fingerprint density at radius 3 is 2.24 bits per heavy atom. The van der Waals surface area contributed by atoms with Crippen molar-refractivity contribution < 1.29 is 22.7 Å². The fourth-order valence-electron chi connectivity index (χ4n) is 3.30. The average molecular weight is 430 g/mol. The second-order valence-corrected chi connectivity index (χ2v) is 8.52. The van der Waals surface area contributed by atoms with Crippen LogP contribution in [0.1, 0.15) is 50.9 Å². The fourth-order valence-corrected chi connectivity index (χ4v) is 3.42. The highest BCUT2D eigenvalue weighted by molar-refractivity contribution is 6.30. The SMILES string of the molecule is CC(C)(C)OC(=O)N1CCC(c2cc(C(F)(F)F)nn2-c2ccc(Cl)cc2)CC1. The van der Waals surface area contributed by atoms with Crippen LogP contribution in [0, 0.1) is 0 Å². The molecule has 3 rings (SSSR count). The average Bonchev–Trinajstić information content (AvgIpc) is 3.07. The van der Waals surface area contributed by atoms with E-state index in [1.807, 2.05) is 0 Å². The van der Waals surface area contributed by atoms with E-state index in [2.05, 4.69) is 5.10 Å². The van der Waals surface area contributed by atoms with Gasteiger partial charge in [-0.3, -0.25) is 0 Å². The van der Waals surface area contributed by atoms with Crippen LogP contribution in [-0.4, -0.2) is 39.5 Å². The Kier molecular flexibility index (Phi) is 5.85. The van der Waals surface area contributed by atoms with E-state index < -0.39 is 23.6 Å². The van der Waals surface area contributed by atoms with Crippen LogP contribution in [0.5, 0.6) is 0 Å². The van der Waals surface area contributed by atoms with Crippen molar-refractivity contribution in [3.63, 3.8) is 0 Å². The number of hydrogen-bond donors (Lipinski definition) is 0. The molecule has 0 bridgehead atoms. The molecule has 2 heterocycles. The molecule has 1 aliphatic heterocycles. The van der Waals surface area contributed by atoms with Gasteiger partial charge in [0.1, 0.15) is 5.60 Å². The molecule has 5 nitrogen and oxygen atoms in total. The summed E-state index contributed by atoms with van der Waals surface area (Å²) in [6.45, 7) is 6.20. The summed E-state index contributed by atoms with van der Waals surface area (Å²) in [6, 6.07) is 7.59. The molecule has 0 saturated carbocycles. The third-order valence-corrected chi connectivity index (χ3v) is 4.92. The van der Waals surface area contributed by atoms with Crippen molar-refractivity contribution in [3.8, 4) is 5.69 Å². The Morgan fingerprint density at radius 2 is 1.72 bits per heavy atom. The fraction of sp³-hybridized carbons (Fsp3) is 0.500. The van der Waals surface area contributed by atoms with Gasteiger partial charge < -0.3 is 9.64 Å². The van der Waals surface area contributed by atoms with E-state index >= 15 is 0 Å². The zero-order valence-electron chi connectivity index (χ0n) is 16.5. The molecule has 158 valence electrons. The van der Waals surface area contributed by atoms with Crippen LogP contribution in [0.4, 0.5) is 18.0 Å². The van der Waals surface area contributed by atoms with Crippen molar-refractivity contribution in [2.45, 2.75) is 51.3 Å². The van der Waals surface area contributed by atoms with Crippen molar-refractivity contribution >= 4 is 17.7 Å². The second-order valence-electron chi connectivity index (χ2n) is 8.08. The maximum absolute atomic E-state index is 13.3. The number of rotatable bonds is 2. The quantitative estimate of drug-likeness (QED) is 0.619. The summed E-state index contributed by atoms with van der Waals surface area (Å²) in [4.78, 5) is 13.8. The smallest absolute Gasteiger partial charge is 0.435 e. The first-order valence-corrected chi connectivity index (χ1v) is 9.73. The molecule has 1 aliphatic rings. The number of nitrogens with zero attached hydrogens (tertiary/aromatic N) is 3. The van der Waals surface area contributed by atoms with Crippen molar-refractivity contribution in [3.05, 3.63) is 46.7 Å². The number of benzene rings is 1. The molecular weight excluding hydrogens is 407 g/mol. The molecule has 0 spiro atoms. The van der Waals surface area contributed by atoms with E-state index in [1.54, 1.807) is 49.9 Å². The number of ether oxygens (including phenoxy) is 1. The minimum absolute atomic E-state index is 0.159. The summed E-state index contributed by atoms with van der Waals surface area (Å²) in [5, 5.41) is 4.29. The largest absolute Gasteiger partial charge is 0.444 e. The van der Waals surface area contributed by atoms with E-state index in [9.17, 15) is 18.0 Å². The number of amides is 1. The van der Waals surface area contributed by atoms with Gasteiger partial charge in [0.15, 0.2) is 5.69 Å². The predicted octanol–water partition coefficient (Wildman–Crippen LogP) is 5.66. The number of piperidine rings is 1. The van der Waals surface area contributed by atoms with Crippen LogP contribution < -0.4 is 0 Å². The van der Waals surface area contributed by atoms with E-state index in [0.717, 1.165) is 6.07 Å². The molecule has 2 aromatic rings. The van der Waals surface area contributed by atoms with Crippen molar-refractivity contribution in [1.82, 2.24) is 14.7 Å². The summed E-state index contributed by atoms with van der Waals surface area (Å²) in [5.41, 5.74) is -0.544. The lowest BCUT2D eigenvalue weighted by molar-refractivity contribution is -0.141. The first-order valence-electron chi connectivity index (χ1n) is 9.35. The van der Waals surface area contributed by atoms with Crippen LogP contribution in [-0.2, 0) is 10.9 Å². The third kappa shape index (κ3) is 5.23. The molecule has 1 fully saturated rings. The molecule has 0 aliphatic carbocycles. The molecule has 0 unspecified atom stereocenters. The van der Waals surface area contributed by atoms with E-state index in [0.29, 0.717) is 42.3 Å². The molecule has 1 saturated heterocycles.